The van der Waals surface area contributed by atoms with Crippen LogP contribution in [-0.4, -0.2) is 53.4 Å². The molecule has 1 aliphatic rings. The van der Waals surface area contributed by atoms with Gasteiger partial charge in [0, 0.05) is 43.5 Å². The zero-order chi connectivity index (χ0) is 19.3. The van der Waals surface area contributed by atoms with Crippen molar-refractivity contribution in [3.63, 3.8) is 0 Å². The van der Waals surface area contributed by atoms with E-state index in [1.165, 1.54) is 10.7 Å². The van der Waals surface area contributed by atoms with Gasteiger partial charge in [-0.1, -0.05) is 51.1 Å². The molecule has 0 aliphatic carbocycles. The van der Waals surface area contributed by atoms with Crippen LogP contribution in [0, 0.1) is 0 Å². The third-order valence-electron chi connectivity index (χ3n) is 4.84. The molecule has 1 amide bonds. The summed E-state index contributed by atoms with van der Waals surface area (Å²) < 4.78 is 0. The molecule has 1 aromatic heterocycles. The molecular formula is C21H30N4OS. The lowest BCUT2D eigenvalue weighted by Crippen LogP contribution is -2.49. The molecule has 0 unspecified atom stereocenters. The standard InChI is InChI=1S/C21H30N4OS/c1-21(2,3)18-16-27-20(23-18)15-25-11-9-24(10-12-25)14-19(26)22-13-17-7-5-4-6-8-17/h4-8,16H,9-15H2,1-3H3,(H,22,26). The zero-order valence-corrected chi connectivity index (χ0v) is 17.4. The summed E-state index contributed by atoms with van der Waals surface area (Å²) in [7, 11) is 0. The SMILES string of the molecule is CC(C)(C)c1csc(CN2CCN(CC(=O)NCc3ccccc3)CC2)n1. The van der Waals surface area contributed by atoms with E-state index in [0.717, 1.165) is 38.3 Å². The number of hydrogen-bond acceptors (Lipinski definition) is 5. The van der Waals surface area contributed by atoms with E-state index in [4.69, 9.17) is 4.98 Å². The van der Waals surface area contributed by atoms with Crippen LogP contribution in [0.25, 0.3) is 0 Å². The van der Waals surface area contributed by atoms with E-state index in [-0.39, 0.29) is 11.3 Å². The minimum Gasteiger partial charge on any atom is -0.351 e. The van der Waals surface area contributed by atoms with Gasteiger partial charge in [0.1, 0.15) is 5.01 Å². The smallest absolute Gasteiger partial charge is 0.234 e. The quantitative estimate of drug-likeness (QED) is 0.829. The summed E-state index contributed by atoms with van der Waals surface area (Å²) in [5, 5.41) is 6.38. The molecular weight excluding hydrogens is 356 g/mol. The first-order valence-corrected chi connectivity index (χ1v) is 10.5. The Kier molecular flexibility index (Phi) is 6.63. The molecule has 5 nitrogen and oxygen atoms in total. The molecule has 1 N–H and O–H groups in total. The highest BCUT2D eigenvalue weighted by atomic mass is 32.1. The fourth-order valence-corrected chi connectivity index (χ4v) is 4.14. The lowest BCUT2D eigenvalue weighted by Gasteiger charge is -2.33. The van der Waals surface area contributed by atoms with E-state index in [0.29, 0.717) is 13.1 Å². The Bertz CT molecular complexity index is 730. The highest BCUT2D eigenvalue weighted by molar-refractivity contribution is 7.09. The van der Waals surface area contributed by atoms with E-state index in [1.54, 1.807) is 11.3 Å². The van der Waals surface area contributed by atoms with Crippen molar-refractivity contribution >= 4 is 17.2 Å². The molecule has 0 spiro atoms. The average Bonchev–Trinajstić information content (AvgIpc) is 3.12. The lowest BCUT2D eigenvalue weighted by atomic mass is 9.93. The van der Waals surface area contributed by atoms with Gasteiger partial charge in [-0.3, -0.25) is 14.6 Å². The van der Waals surface area contributed by atoms with E-state index in [1.807, 2.05) is 30.3 Å². The van der Waals surface area contributed by atoms with Crippen molar-refractivity contribution in [3.8, 4) is 0 Å². The van der Waals surface area contributed by atoms with Gasteiger partial charge < -0.3 is 5.32 Å². The van der Waals surface area contributed by atoms with Crippen molar-refractivity contribution in [1.82, 2.24) is 20.1 Å². The number of rotatable bonds is 6. The van der Waals surface area contributed by atoms with Crippen LogP contribution in [0.5, 0.6) is 0 Å². The predicted octanol–water partition coefficient (Wildman–Crippen LogP) is 2.87. The van der Waals surface area contributed by atoms with E-state index >= 15 is 0 Å². The van der Waals surface area contributed by atoms with E-state index < -0.39 is 0 Å². The molecule has 3 rings (SSSR count). The van der Waals surface area contributed by atoms with Gasteiger partial charge in [-0.2, -0.15) is 0 Å². The zero-order valence-electron chi connectivity index (χ0n) is 16.6. The number of nitrogens with one attached hydrogen (secondary N) is 1. The maximum absolute atomic E-state index is 12.2. The number of aromatic nitrogens is 1. The first-order valence-electron chi connectivity index (χ1n) is 9.60. The molecule has 1 aliphatic heterocycles. The second-order valence-corrected chi connectivity index (χ2v) is 9.13. The Morgan fingerprint density at radius 2 is 1.78 bits per heavy atom. The number of nitrogens with zero attached hydrogens (tertiary/aromatic N) is 3. The number of amides is 1. The van der Waals surface area contributed by atoms with Gasteiger partial charge in [0.2, 0.25) is 5.91 Å². The van der Waals surface area contributed by atoms with Crippen LogP contribution in [0.3, 0.4) is 0 Å². The van der Waals surface area contributed by atoms with E-state index in [2.05, 4.69) is 41.3 Å². The Hall–Kier alpha value is -1.76. The Labute approximate surface area is 166 Å². The monoisotopic (exact) mass is 386 g/mol. The largest absolute Gasteiger partial charge is 0.351 e. The molecule has 27 heavy (non-hydrogen) atoms. The number of carbonyl (C=O) groups excluding carboxylic acids is 1. The Balaban J connectivity index is 1.38. The fraction of sp³-hybridized carbons (Fsp3) is 0.524. The third kappa shape index (κ3) is 6.13. The molecule has 2 heterocycles. The van der Waals surface area contributed by atoms with Crippen molar-refractivity contribution < 1.29 is 4.79 Å². The third-order valence-corrected chi connectivity index (χ3v) is 5.68. The molecule has 0 saturated carbocycles. The molecule has 0 atom stereocenters. The van der Waals surface area contributed by atoms with Gasteiger partial charge in [-0.05, 0) is 5.56 Å². The lowest BCUT2D eigenvalue weighted by molar-refractivity contribution is -0.122. The van der Waals surface area contributed by atoms with Crippen LogP contribution in [0.1, 0.15) is 37.0 Å². The number of thiazole rings is 1. The van der Waals surface area contributed by atoms with Gasteiger partial charge in [0.25, 0.3) is 0 Å². The van der Waals surface area contributed by atoms with Crippen molar-refractivity contribution in [2.45, 2.75) is 39.3 Å². The summed E-state index contributed by atoms with van der Waals surface area (Å²) in [5.74, 6) is 0.0991. The normalized spacial score (nSPS) is 16.4. The average molecular weight is 387 g/mol. The van der Waals surface area contributed by atoms with Crippen LogP contribution in [0.4, 0.5) is 0 Å². The number of benzene rings is 1. The van der Waals surface area contributed by atoms with Gasteiger partial charge in [0.05, 0.1) is 18.8 Å². The molecule has 1 aromatic carbocycles. The van der Waals surface area contributed by atoms with Crippen LogP contribution < -0.4 is 5.32 Å². The molecule has 146 valence electrons. The van der Waals surface area contributed by atoms with Crippen LogP contribution in [0.2, 0.25) is 0 Å². The summed E-state index contributed by atoms with van der Waals surface area (Å²) in [5.41, 5.74) is 2.42. The maximum Gasteiger partial charge on any atom is 0.234 e. The summed E-state index contributed by atoms with van der Waals surface area (Å²) >= 11 is 1.76. The van der Waals surface area contributed by atoms with Crippen LogP contribution >= 0.6 is 11.3 Å². The highest BCUT2D eigenvalue weighted by Crippen LogP contribution is 2.24. The van der Waals surface area contributed by atoms with Gasteiger partial charge >= 0.3 is 0 Å². The molecule has 0 radical (unpaired) electrons. The van der Waals surface area contributed by atoms with Crippen molar-refractivity contribution in [2.75, 3.05) is 32.7 Å². The minimum atomic E-state index is 0.0991. The number of hydrogen-bond donors (Lipinski definition) is 1. The molecule has 6 heteroatoms. The predicted molar refractivity (Wildman–Crippen MR) is 111 cm³/mol. The molecule has 1 saturated heterocycles. The summed E-state index contributed by atoms with van der Waals surface area (Å²) in [6, 6.07) is 10.0. The number of piperazine rings is 1. The Morgan fingerprint density at radius 3 is 2.41 bits per heavy atom. The molecule has 2 aromatic rings. The van der Waals surface area contributed by atoms with Crippen molar-refractivity contribution in [2.24, 2.45) is 0 Å². The minimum absolute atomic E-state index is 0.0991. The van der Waals surface area contributed by atoms with Crippen LogP contribution in [-0.2, 0) is 23.3 Å². The maximum atomic E-state index is 12.2. The Morgan fingerprint density at radius 1 is 1.11 bits per heavy atom. The topological polar surface area (TPSA) is 48.5 Å². The van der Waals surface area contributed by atoms with Gasteiger partial charge in [-0.25, -0.2) is 4.98 Å². The summed E-state index contributed by atoms with van der Waals surface area (Å²) in [6.07, 6.45) is 0. The van der Waals surface area contributed by atoms with Gasteiger partial charge in [-0.15, -0.1) is 11.3 Å². The first-order chi connectivity index (χ1) is 12.9. The first kappa shape index (κ1) is 20.0. The van der Waals surface area contributed by atoms with Crippen molar-refractivity contribution in [1.29, 1.82) is 0 Å². The second kappa shape index (κ2) is 8.95. The molecule has 1 fully saturated rings. The number of carbonyl (C=O) groups is 1. The summed E-state index contributed by atoms with van der Waals surface area (Å²) in [4.78, 5) is 21.6. The van der Waals surface area contributed by atoms with E-state index in [9.17, 15) is 4.79 Å². The van der Waals surface area contributed by atoms with Gasteiger partial charge in [0.15, 0.2) is 0 Å². The fourth-order valence-electron chi connectivity index (χ4n) is 3.08. The van der Waals surface area contributed by atoms with Crippen LogP contribution in [0.15, 0.2) is 35.7 Å². The highest BCUT2D eigenvalue weighted by Gasteiger charge is 2.21. The second-order valence-electron chi connectivity index (χ2n) is 8.19. The molecule has 0 bridgehead atoms. The van der Waals surface area contributed by atoms with Crippen molar-refractivity contribution in [3.05, 3.63) is 52.0 Å². The summed E-state index contributed by atoms with van der Waals surface area (Å²) in [6.45, 7) is 12.4.